The molecule has 0 amide bonds. The van der Waals surface area contributed by atoms with Gasteiger partial charge in [-0.05, 0) is 35.9 Å². The van der Waals surface area contributed by atoms with Crippen molar-refractivity contribution in [2.75, 3.05) is 13.2 Å². The predicted molar refractivity (Wildman–Crippen MR) is 109 cm³/mol. The summed E-state index contributed by atoms with van der Waals surface area (Å²) in [5.41, 5.74) is -0.368. The van der Waals surface area contributed by atoms with Crippen LogP contribution in [0.4, 0.5) is 13.2 Å². The van der Waals surface area contributed by atoms with Crippen LogP contribution in [0.1, 0.15) is 12.5 Å². The molecule has 6 nitrogen and oxygen atoms in total. The molecule has 3 aromatic rings. The molecule has 164 valence electrons. The van der Waals surface area contributed by atoms with Crippen LogP contribution in [0, 0.1) is 5.41 Å². The Morgan fingerprint density at radius 3 is 2.35 bits per heavy atom. The van der Waals surface area contributed by atoms with E-state index in [0.717, 1.165) is 16.7 Å². The molecule has 1 aromatic heterocycles. The number of nitrogens with zero attached hydrogens (tertiary/aromatic N) is 2. The summed E-state index contributed by atoms with van der Waals surface area (Å²) in [6.07, 6.45) is -4.80. The molecule has 0 unspecified atom stereocenters. The van der Waals surface area contributed by atoms with Gasteiger partial charge in [0.2, 0.25) is 0 Å². The van der Waals surface area contributed by atoms with Gasteiger partial charge in [-0.25, -0.2) is 4.79 Å². The van der Waals surface area contributed by atoms with Gasteiger partial charge < -0.3 is 9.47 Å². The first-order valence-corrected chi connectivity index (χ1v) is 9.78. The summed E-state index contributed by atoms with van der Waals surface area (Å²) in [5.74, 6) is -0.382. The van der Waals surface area contributed by atoms with E-state index in [0.29, 0.717) is 41.2 Å². The summed E-state index contributed by atoms with van der Waals surface area (Å²) >= 11 is 6.10. The number of aromatic nitrogens is 2. The van der Waals surface area contributed by atoms with E-state index in [-0.39, 0.29) is 17.7 Å². The molecular formula is C21H18ClF3N2O4. The number of benzene rings is 2. The average molecular weight is 455 g/mol. The van der Waals surface area contributed by atoms with Gasteiger partial charge in [0.25, 0.3) is 5.56 Å². The molecule has 0 N–H and O–H groups in total. The molecule has 0 atom stereocenters. The molecule has 0 radical (unpaired) electrons. The zero-order valence-electron chi connectivity index (χ0n) is 16.4. The third kappa shape index (κ3) is 4.47. The Morgan fingerprint density at radius 2 is 1.77 bits per heavy atom. The fourth-order valence-corrected chi connectivity index (χ4v) is 3.75. The Kier molecular flexibility index (Phi) is 5.35. The summed E-state index contributed by atoms with van der Waals surface area (Å²) in [6, 6.07) is 9.75. The van der Waals surface area contributed by atoms with Crippen molar-refractivity contribution in [1.82, 2.24) is 9.13 Å². The van der Waals surface area contributed by atoms with E-state index in [1.807, 2.05) is 6.92 Å². The standard InChI is InChI=1S/C21H18ClF3N2O4/c1-20(11-30-12-20)10-27-17-8-14(22)4-7-16(17)18(28)26(19(27)29)9-13-2-5-15(6-3-13)31-21(23,24)25/h2-8H,9-12H2,1H3. The van der Waals surface area contributed by atoms with E-state index in [4.69, 9.17) is 16.3 Å². The van der Waals surface area contributed by atoms with E-state index in [9.17, 15) is 22.8 Å². The number of halogens is 4. The second-order valence-corrected chi connectivity index (χ2v) is 8.35. The molecule has 1 aliphatic rings. The normalized spacial score (nSPS) is 15.6. The molecule has 0 aliphatic carbocycles. The summed E-state index contributed by atoms with van der Waals surface area (Å²) < 4.78 is 48.8. The fraction of sp³-hybridized carbons (Fsp3) is 0.333. The van der Waals surface area contributed by atoms with Crippen LogP contribution in [-0.2, 0) is 17.8 Å². The van der Waals surface area contributed by atoms with Crippen LogP contribution in [0.3, 0.4) is 0 Å². The van der Waals surface area contributed by atoms with Gasteiger partial charge in [-0.3, -0.25) is 13.9 Å². The largest absolute Gasteiger partial charge is 0.573 e. The van der Waals surface area contributed by atoms with Crippen molar-refractivity contribution in [2.45, 2.75) is 26.4 Å². The van der Waals surface area contributed by atoms with Gasteiger partial charge in [-0.2, -0.15) is 0 Å². The van der Waals surface area contributed by atoms with Crippen molar-refractivity contribution in [2.24, 2.45) is 5.41 Å². The van der Waals surface area contributed by atoms with Crippen molar-refractivity contribution in [1.29, 1.82) is 0 Å². The molecule has 0 spiro atoms. The van der Waals surface area contributed by atoms with E-state index >= 15 is 0 Å². The first kappa shape index (κ1) is 21.5. The lowest BCUT2D eigenvalue weighted by Crippen LogP contribution is -2.48. The summed E-state index contributed by atoms with van der Waals surface area (Å²) in [6.45, 7) is 3.19. The molecule has 10 heteroatoms. The smallest absolute Gasteiger partial charge is 0.406 e. The van der Waals surface area contributed by atoms with Crippen LogP contribution in [0.25, 0.3) is 10.9 Å². The number of fused-ring (bicyclic) bond motifs is 1. The van der Waals surface area contributed by atoms with Gasteiger partial charge in [0, 0.05) is 17.0 Å². The minimum atomic E-state index is -4.80. The number of hydrogen-bond donors (Lipinski definition) is 0. The highest BCUT2D eigenvalue weighted by Crippen LogP contribution is 2.29. The maximum atomic E-state index is 13.3. The second kappa shape index (κ2) is 7.72. The van der Waals surface area contributed by atoms with Gasteiger partial charge in [0.05, 0.1) is 30.7 Å². The zero-order chi connectivity index (χ0) is 22.4. The molecule has 4 rings (SSSR count). The highest BCUT2D eigenvalue weighted by Gasteiger charge is 2.35. The number of alkyl halides is 3. The maximum Gasteiger partial charge on any atom is 0.573 e. The third-order valence-electron chi connectivity index (χ3n) is 5.13. The Labute approximate surface area is 179 Å². The van der Waals surface area contributed by atoms with E-state index in [1.165, 1.54) is 16.7 Å². The molecule has 0 saturated carbocycles. The van der Waals surface area contributed by atoms with Crippen molar-refractivity contribution in [3.63, 3.8) is 0 Å². The van der Waals surface area contributed by atoms with Gasteiger partial charge in [-0.15, -0.1) is 13.2 Å². The predicted octanol–water partition coefficient (Wildman–Crippen LogP) is 3.80. The summed E-state index contributed by atoms with van der Waals surface area (Å²) in [7, 11) is 0. The first-order valence-electron chi connectivity index (χ1n) is 9.40. The molecule has 1 aliphatic heterocycles. The minimum absolute atomic E-state index is 0.101. The van der Waals surface area contributed by atoms with Crippen LogP contribution < -0.4 is 16.0 Å². The van der Waals surface area contributed by atoms with E-state index < -0.39 is 17.6 Å². The van der Waals surface area contributed by atoms with Crippen molar-refractivity contribution in [3.8, 4) is 5.75 Å². The highest BCUT2D eigenvalue weighted by atomic mass is 35.5. The summed E-state index contributed by atoms with van der Waals surface area (Å²) in [5, 5.41) is 0.720. The van der Waals surface area contributed by atoms with Crippen LogP contribution in [0.5, 0.6) is 5.75 Å². The molecule has 2 heterocycles. The van der Waals surface area contributed by atoms with Crippen LogP contribution in [0.15, 0.2) is 52.1 Å². The number of rotatable bonds is 5. The monoisotopic (exact) mass is 454 g/mol. The first-order chi connectivity index (χ1) is 14.5. The minimum Gasteiger partial charge on any atom is -0.406 e. The van der Waals surface area contributed by atoms with Crippen molar-refractivity contribution in [3.05, 3.63) is 73.9 Å². The Balaban J connectivity index is 1.76. The van der Waals surface area contributed by atoms with E-state index in [1.54, 1.807) is 18.2 Å². The van der Waals surface area contributed by atoms with Crippen molar-refractivity contribution < 1.29 is 22.6 Å². The molecule has 0 bridgehead atoms. The van der Waals surface area contributed by atoms with Gasteiger partial charge in [0.15, 0.2) is 0 Å². The lowest BCUT2D eigenvalue weighted by atomic mass is 9.88. The van der Waals surface area contributed by atoms with E-state index in [2.05, 4.69) is 4.74 Å². The third-order valence-corrected chi connectivity index (χ3v) is 5.36. The molecule has 1 saturated heterocycles. The highest BCUT2D eigenvalue weighted by molar-refractivity contribution is 6.31. The molecular weight excluding hydrogens is 437 g/mol. The van der Waals surface area contributed by atoms with Crippen LogP contribution in [0.2, 0.25) is 5.02 Å². The van der Waals surface area contributed by atoms with Crippen LogP contribution >= 0.6 is 11.6 Å². The summed E-state index contributed by atoms with van der Waals surface area (Å²) in [4.78, 5) is 26.3. The SMILES string of the molecule is CC1(Cn2c(=O)n(Cc3ccc(OC(F)(F)F)cc3)c(=O)c3ccc(Cl)cc32)COC1. The average Bonchev–Trinajstić information content (AvgIpc) is 2.67. The van der Waals surface area contributed by atoms with Gasteiger partial charge in [0.1, 0.15) is 5.75 Å². The van der Waals surface area contributed by atoms with Crippen molar-refractivity contribution >= 4 is 22.5 Å². The molecule has 2 aromatic carbocycles. The Hall–Kier alpha value is -2.78. The lowest BCUT2D eigenvalue weighted by molar-refractivity contribution is -0.274. The Morgan fingerprint density at radius 1 is 1.10 bits per heavy atom. The maximum absolute atomic E-state index is 13.3. The molecule has 1 fully saturated rings. The zero-order valence-corrected chi connectivity index (χ0v) is 17.2. The topological polar surface area (TPSA) is 62.5 Å². The second-order valence-electron chi connectivity index (χ2n) is 7.92. The number of hydrogen-bond acceptors (Lipinski definition) is 4. The quantitative estimate of drug-likeness (QED) is 0.588. The van der Waals surface area contributed by atoms with Gasteiger partial charge in [-0.1, -0.05) is 30.7 Å². The fourth-order valence-electron chi connectivity index (χ4n) is 3.58. The lowest BCUT2D eigenvalue weighted by Gasteiger charge is -2.38. The Bertz CT molecular complexity index is 1240. The molecule has 31 heavy (non-hydrogen) atoms. The van der Waals surface area contributed by atoms with Gasteiger partial charge >= 0.3 is 12.1 Å². The number of ether oxygens (including phenoxy) is 2. The van der Waals surface area contributed by atoms with Crippen LogP contribution in [-0.4, -0.2) is 28.7 Å².